The van der Waals surface area contributed by atoms with Crippen molar-refractivity contribution in [2.24, 2.45) is 0 Å². The lowest BCUT2D eigenvalue weighted by molar-refractivity contribution is 0.131. The molecule has 10 aromatic carbocycles. The summed E-state index contributed by atoms with van der Waals surface area (Å²) in [4.78, 5) is 31.6. The number of anilines is 8. The van der Waals surface area contributed by atoms with Gasteiger partial charge in [0, 0.05) is 115 Å². The van der Waals surface area contributed by atoms with Gasteiger partial charge in [0.2, 0.25) is 0 Å². The molecular formula is C117H154N12. The zero-order valence-corrected chi connectivity index (χ0v) is 83.6. The summed E-state index contributed by atoms with van der Waals surface area (Å²) < 4.78 is 0. The normalized spacial score (nSPS) is 26.4. The number of aryl methyl sites for hydroxylation is 12. The van der Waals surface area contributed by atoms with E-state index in [-0.39, 0.29) is 0 Å². The molecule has 2 aliphatic carbocycles. The van der Waals surface area contributed by atoms with Gasteiger partial charge in [0.05, 0.1) is 55.1 Å². The molecule has 1 saturated carbocycles. The molecule has 129 heavy (non-hydrogen) atoms. The second-order valence-electron chi connectivity index (χ2n) is 41.6. The minimum Gasteiger partial charge on any atom is -0.353 e. The smallest absolute Gasteiger partial charge is 0.0991 e. The third-order valence-corrected chi connectivity index (χ3v) is 33.6. The number of fused-ring (bicyclic) bond motifs is 19. The lowest BCUT2D eigenvalue weighted by Gasteiger charge is -2.47. The molecule has 15 aliphatic rings. The van der Waals surface area contributed by atoms with Gasteiger partial charge in [0.1, 0.15) is 0 Å². The molecule has 13 heterocycles. The third kappa shape index (κ3) is 17.3. The average molecular weight is 1730 g/mol. The lowest BCUT2D eigenvalue weighted by atomic mass is 9.95. The van der Waals surface area contributed by atoms with Gasteiger partial charge < -0.3 is 39.2 Å². The first-order valence-corrected chi connectivity index (χ1v) is 49.7. The summed E-state index contributed by atoms with van der Waals surface area (Å²) in [5.41, 5.74) is 45.8. The maximum Gasteiger partial charge on any atom is 0.0991 e. The Balaban J connectivity index is 0.000000109. The minimum absolute atomic E-state index is 0.408. The van der Waals surface area contributed by atoms with E-state index in [2.05, 4.69) is 409 Å². The van der Waals surface area contributed by atoms with Gasteiger partial charge in [0.15, 0.2) is 0 Å². The fourth-order valence-electron chi connectivity index (χ4n) is 25.8. The summed E-state index contributed by atoms with van der Waals surface area (Å²) in [6.07, 6.45) is 16.8. The van der Waals surface area contributed by atoms with E-state index >= 15 is 0 Å². The van der Waals surface area contributed by atoms with Crippen molar-refractivity contribution < 1.29 is 0 Å². The maximum atomic E-state index is 2.70. The summed E-state index contributed by atoms with van der Waals surface area (Å²) >= 11 is 0. The largest absolute Gasteiger partial charge is 0.353 e. The highest BCUT2D eigenvalue weighted by atomic mass is 15.5. The molecular weight excluding hydrogens is 1570 g/mol. The van der Waals surface area contributed by atoms with Crippen LogP contribution in [0.2, 0.25) is 0 Å². The molecule has 0 radical (unpaired) electrons. The monoisotopic (exact) mass is 1730 g/mol. The number of rotatable bonds is 6. The fraction of sp³-hybridized carbons (Fsp3) is 0.487. The van der Waals surface area contributed by atoms with Gasteiger partial charge in [-0.2, -0.15) is 0 Å². The first-order chi connectivity index (χ1) is 61.7. The van der Waals surface area contributed by atoms with Gasteiger partial charge >= 0.3 is 0 Å². The summed E-state index contributed by atoms with van der Waals surface area (Å²) in [5, 5.41) is 0. The first kappa shape index (κ1) is 91.3. The van der Waals surface area contributed by atoms with E-state index in [9.17, 15) is 0 Å². The minimum atomic E-state index is 0.408. The van der Waals surface area contributed by atoms with Crippen LogP contribution in [0.3, 0.4) is 0 Å². The van der Waals surface area contributed by atoms with Crippen molar-refractivity contribution in [3.8, 4) is 0 Å². The molecule has 8 saturated heterocycles. The number of benzene rings is 10. The molecule has 12 bridgehead atoms. The van der Waals surface area contributed by atoms with Crippen molar-refractivity contribution in [3.05, 3.63) is 303 Å². The van der Waals surface area contributed by atoms with Crippen molar-refractivity contribution in [1.29, 1.82) is 0 Å². The number of hydrogen-bond donors (Lipinski definition) is 0. The molecule has 0 spiro atoms. The first-order valence-electron chi connectivity index (χ1n) is 49.7. The van der Waals surface area contributed by atoms with Crippen LogP contribution in [-0.2, 0) is 19.4 Å². The van der Waals surface area contributed by atoms with Crippen LogP contribution in [0.25, 0.3) is 0 Å². The highest BCUT2D eigenvalue weighted by Crippen LogP contribution is 2.54. The van der Waals surface area contributed by atoms with Crippen molar-refractivity contribution in [2.45, 2.75) is 329 Å². The van der Waals surface area contributed by atoms with Crippen molar-refractivity contribution in [1.82, 2.24) is 19.6 Å². The average Bonchev–Trinajstić information content (AvgIpc) is 1.58. The highest BCUT2D eigenvalue weighted by molar-refractivity contribution is 5.71. The van der Waals surface area contributed by atoms with Crippen LogP contribution < -0.4 is 39.2 Å². The van der Waals surface area contributed by atoms with Crippen molar-refractivity contribution >= 4 is 45.5 Å². The molecule has 16 unspecified atom stereocenters. The fourth-order valence-corrected chi connectivity index (χ4v) is 25.8. The standard InChI is InChI=1S/3C21H26N2.C20H24N2.2C17H26N2/c1-13-10-14(2)15(3)19(11-13)23-16(4)22(5)20-12-21(23)18-9-7-6-8-17(18)20;1-14-11-15(2)16(3)21(12-14)23-17(4)22-10-9-19(23)13-18-7-5-6-8-20(18)22;1-14-11-15(2)16(3)21(12-14)23-17(4)22-10-9-20(23)19-8-6-5-7-18(19)13-22;1-13-9-14(2)15(3)20(10-13)22-16(4)21-12-18(22)11-17-7-5-6-8-19(17)21;1-11-8-12(2)13(3)17(9-11)19-14(4)18(5)15-6-7-16(19)10-15;1-12-10-13(2)14(3)17(11-12)19-15(4)18-8-5-6-16(19)7-9-18/h6-11,16,20-21H,12H2,1-5H3;5-8,11-12,17,19H,9-10,13H2,1-4H3;5-8,11-12,17,20H,9-10,13H2,1-4H3;5-10,16,18H,11-12H2,1-4H3;8-9,14-16H,6-7,10H2,1-5H3;10-11,15-16H,5-9H2,1-4H3. The Kier molecular flexibility index (Phi) is 26.4. The van der Waals surface area contributed by atoms with Gasteiger partial charge in [-0.1, -0.05) is 121 Å². The van der Waals surface area contributed by atoms with Gasteiger partial charge in [-0.05, 0) is 433 Å². The van der Waals surface area contributed by atoms with E-state index in [1.165, 1.54) is 263 Å². The van der Waals surface area contributed by atoms with E-state index in [0.29, 0.717) is 67.2 Å². The number of nitrogens with zero attached hydrogens (tertiary/aromatic N) is 12. The van der Waals surface area contributed by atoms with Crippen LogP contribution in [-0.4, -0.2) is 134 Å². The molecule has 10 aromatic rings. The van der Waals surface area contributed by atoms with Crippen LogP contribution in [0.1, 0.15) is 251 Å². The maximum absolute atomic E-state index is 2.70. The number of para-hydroxylation sites is 2. The van der Waals surface area contributed by atoms with E-state index in [1.54, 1.807) is 0 Å². The van der Waals surface area contributed by atoms with Crippen LogP contribution in [0, 0.1) is 125 Å². The topological polar surface area (TPSA) is 38.9 Å². The van der Waals surface area contributed by atoms with Crippen molar-refractivity contribution in [3.63, 3.8) is 0 Å². The predicted octanol–water partition coefficient (Wildman–Crippen LogP) is 25.7. The molecule has 12 nitrogen and oxygen atoms in total. The van der Waals surface area contributed by atoms with Crippen LogP contribution >= 0.6 is 0 Å². The van der Waals surface area contributed by atoms with Crippen LogP contribution in [0.15, 0.2) is 170 Å². The number of hydrogen-bond acceptors (Lipinski definition) is 12. The van der Waals surface area contributed by atoms with E-state index in [0.717, 1.165) is 44.1 Å². The Labute approximate surface area is 778 Å². The molecule has 13 aliphatic heterocycles. The summed E-state index contributed by atoms with van der Waals surface area (Å²) in [7, 11) is 4.57. The van der Waals surface area contributed by atoms with E-state index < -0.39 is 0 Å². The van der Waals surface area contributed by atoms with E-state index in [4.69, 9.17) is 0 Å². The zero-order valence-electron chi connectivity index (χ0n) is 83.6. The third-order valence-electron chi connectivity index (χ3n) is 33.6. The van der Waals surface area contributed by atoms with Gasteiger partial charge in [-0.25, -0.2) is 0 Å². The SMILES string of the molecule is Cc1cc(C)c(C)c(N2C3CC(c4ccccc43)N(C)C2C)c1.Cc1cc(C)c(C)c(N2C3CCC(C3)N(C)C2C)c1.Cc1cc(C)c(C)c(N2C3CCCN(CC3)C2C)c1.Cc1cc(C)c(C)c(N2C3CCN(Cc4ccccc43)C2C)c1.Cc1cc(C)c(C)c(N2C3CCN(c4ccccc4C3)C2C)c1.Cc1cc(C)c(C)c(N2C3Cc4ccccc4N(C3)C2C)c1. The summed E-state index contributed by atoms with van der Waals surface area (Å²) in [6, 6.07) is 69.0. The Morgan fingerprint density at radius 1 is 0.248 bits per heavy atom. The Bertz CT molecular complexity index is 5620. The molecule has 16 atom stereocenters. The van der Waals surface area contributed by atoms with Crippen LogP contribution in [0.5, 0.6) is 0 Å². The van der Waals surface area contributed by atoms with Crippen LogP contribution in [0.4, 0.5) is 45.5 Å². The lowest BCUT2D eigenvalue weighted by Crippen LogP contribution is -2.56. The molecule has 0 N–H and O–H groups in total. The molecule has 12 heteroatoms. The van der Waals surface area contributed by atoms with Gasteiger partial charge in [-0.15, -0.1) is 0 Å². The van der Waals surface area contributed by atoms with Crippen molar-refractivity contribution in [2.75, 3.05) is 86.0 Å². The zero-order chi connectivity index (χ0) is 91.3. The van der Waals surface area contributed by atoms with E-state index in [1.807, 2.05) is 0 Å². The molecule has 25 rings (SSSR count). The molecule has 0 aromatic heterocycles. The Morgan fingerprint density at radius 2 is 0.612 bits per heavy atom. The molecule has 682 valence electrons. The Morgan fingerprint density at radius 3 is 1.12 bits per heavy atom. The second kappa shape index (κ2) is 37.2. The highest BCUT2D eigenvalue weighted by Gasteiger charge is 2.49. The van der Waals surface area contributed by atoms with Gasteiger partial charge in [-0.3, -0.25) is 19.6 Å². The molecule has 0 amide bonds. The van der Waals surface area contributed by atoms with Gasteiger partial charge in [0.25, 0.3) is 0 Å². The Hall–Kier alpha value is -9.56. The summed E-state index contributed by atoms with van der Waals surface area (Å²) in [5.74, 6) is 0. The predicted molar refractivity (Wildman–Crippen MR) is 550 cm³/mol. The quantitative estimate of drug-likeness (QED) is 0.159. The summed E-state index contributed by atoms with van der Waals surface area (Å²) in [6.45, 7) is 61.7. The molecule has 9 fully saturated rings. The second-order valence-corrected chi connectivity index (χ2v) is 41.6.